The Hall–Kier alpha value is -2.44. The van der Waals surface area contributed by atoms with Crippen LogP contribution in [-0.4, -0.2) is 30.8 Å². The first-order chi connectivity index (χ1) is 9.52. The van der Waals surface area contributed by atoms with Crippen LogP contribution >= 0.6 is 0 Å². The van der Waals surface area contributed by atoms with E-state index in [4.69, 9.17) is 0 Å². The lowest BCUT2D eigenvalue weighted by Crippen LogP contribution is -2.13. The molecule has 0 aliphatic carbocycles. The van der Waals surface area contributed by atoms with Gasteiger partial charge in [0.1, 0.15) is 17.7 Å². The zero-order chi connectivity index (χ0) is 14.7. The van der Waals surface area contributed by atoms with Crippen LogP contribution in [-0.2, 0) is 13.1 Å². The summed E-state index contributed by atoms with van der Waals surface area (Å²) >= 11 is 0. The number of hydrogen-bond donors (Lipinski definition) is 2. The molecule has 7 heteroatoms. The third-order valence-electron chi connectivity index (χ3n) is 3.01. The van der Waals surface area contributed by atoms with Gasteiger partial charge in [-0.05, 0) is 32.4 Å². The van der Waals surface area contributed by atoms with Gasteiger partial charge in [-0.2, -0.15) is 0 Å². The van der Waals surface area contributed by atoms with E-state index in [-0.39, 0.29) is 5.56 Å². The van der Waals surface area contributed by atoms with Crippen molar-refractivity contribution in [2.75, 3.05) is 5.32 Å². The fourth-order valence-corrected chi connectivity index (χ4v) is 2.08. The van der Waals surface area contributed by atoms with Gasteiger partial charge in [-0.15, -0.1) is 10.2 Å². The molecule has 2 rings (SSSR count). The predicted molar refractivity (Wildman–Crippen MR) is 73.7 cm³/mol. The Bertz CT molecular complexity index is 636. The SMILES string of the molecule is CCn1cnnc1CNc1nc(C)cc(C)c1C(=O)O. The van der Waals surface area contributed by atoms with Crippen LogP contribution < -0.4 is 5.32 Å². The third-order valence-corrected chi connectivity index (χ3v) is 3.01. The van der Waals surface area contributed by atoms with Crippen molar-refractivity contribution in [3.05, 3.63) is 35.0 Å². The molecule has 0 bridgehead atoms. The van der Waals surface area contributed by atoms with Gasteiger partial charge in [0.25, 0.3) is 0 Å². The van der Waals surface area contributed by atoms with Gasteiger partial charge in [0.05, 0.1) is 6.54 Å². The number of pyridine rings is 1. The second-order valence-electron chi connectivity index (χ2n) is 4.50. The molecule has 0 saturated heterocycles. The van der Waals surface area contributed by atoms with Gasteiger partial charge in [0.2, 0.25) is 0 Å². The van der Waals surface area contributed by atoms with E-state index in [0.29, 0.717) is 17.9 Å². The van der Waals surface area contributed by atoms with E-state index in [2.05, 4.69) is 20.5 Å². The molecule has 0 atom stereocenters. The quantitative estimate of drug-likeness (QED) is 0.861. The standard InChI is InChI=1S/C13H17N5O2/c1-4-18-7-15-17-10(18)6-14-12-11(13(19)20)8(2)5-9(3)16-12/h5,7H,4,6H2,1-3H3,(H,14,16)(H,19,20). The summed E-state index contributed by atoms with van der Waals surface area (Å²) in [6.45, 7) is 6.72. The van der Waals surface area contributed by atoms with Crippen molar-refractivity contribution >= 4 is 11.8 Å². The lowest BCUT2D eigenvalue weighted by Gasteiger charge is -2.12. The fraction of sp³-hybridized carbons (Fsp3) is 0.385. The molecular formula is C13H17N5O2. The Labute approximate surface area is 116 Å². The zero-order valence-electron chi connectivity index (χ0n) is 11.7. The number of carbonyl (C=O) groups is 1. The van der Waals surface area contributed by atoms with Crippen molar-refractivity contribution in [3.63, 3.8) is 0 Å². The number of aromatic nitrogens is 4. The summed E-state index contributed by atoms with van der Waals surface area (Å²) in [6.07, 6.45) is 1.64. The summed E-state index contributed by atoms with van der Waals surface area (Å²) in [5.74, 6) is 0.111. The summed E-state index contributed by atoms with van der Waals surface area (Å²) in [7, 11) is 0. The Morgan fingerprint density at radius 2 is 2.20 bits per heavy atom. The molecule has 0 aliphatic rings. The van der Waals surface area contributed by atoms with Crippen LogP contribution in [0.3, 0.4) is 0 Å². The molecular weight excluding hydrogens is 258 g/mol. The number of nitrogens with one attached hydrogen (secondary N) is 1. The van der Waals surface area contributed by atoms with Crippen LogP contribution in [0.5, 0.6) is 0 Å². The van der Waals surface area contributed by atoms with Gasteiger partial charge in [-0.3, -0.25) is 0 Å². The van der Waals surface area contributed by atoms with E-state index in [1.165, 1.54) is 0 Å². The second kappa shape index (κ2) is 5.68. The number of rotatable bonds is 5. The van der Waals surface area contributed by atoms with Crippen molar-refractivity contribution in [2.45, 2.75) is 33.9 Å². The Balaban J connectivity index is 2.27. The number of carboxylic acids is 1. The number of aromatic carboxylic acids is 1. The van der Waals surface area contributed by atoms with E-state index in [9.17, 15) is 9.90 Å². The molecule has 0 unspecified atom stereocenters. The van der Waals surface area contributed by atoms with E-state index in [0.717, 1.165) is 18.1 Å². The topological polar surface area (TPSA) is 92.9 Å². The summed E-state index contributed by atoms with van der Waals surface area (Å²) < 4.78 is 1.89. The average molecular weight is 275 g/mol. The number of aryl methyl sites for hydroxylation is 3. The molecule has 0 saturated carbocycles. The van der Waals surface area contributed by atoms with Crippen LogP contribution in [0.4, 0.5) is 5.82 Å². The first-order valence-corrected chi connectivity index (χ1v) is 6.35. The van der Waals surface area contributed by atoms with Crippen LogP contribution in [0, 0.1) is 13.8 Å². The molecule has 0 aliphatic heterocycles. The zero-order valence-corrected chi connectivity index (χ0v) is 11.7. The maximum Gasteiger partial charge on any atom is 0.339 e. The molecule has 7 nitrogen and oxygen atoms in total. The normalized spacial score (nSPS) is 10.6. The minimum atomic E-state index is -0.991. The maximum atomic E-state index is 11.3. The highest BCUT2D eigenvalue weighted by molar-refractivity contribution is 5.94. The highest BCUT2D eigenvalue weighted by atomic mass is 16.4. The van der Waals surface area contributed by atoms with Crippen LogP contribution in [0.1, 0.15) is 34.4 Å². The molecule has 0 fully saturated rings. The van der Waals surface area contributed by atoms with E-state index in [1.54, 1.807) is 19.3 Å². The predicted octanol–water partition coefficient (Wildman–Crippen LogP) is 1.62. The highest BCUT2D eigenvalue weighted by Crippen LogP contribution is 2.19. The largest absolute Gasteiger partial charge is 0.478 e. The second-order valence-corrected chi connectivity index (χ2v) is 4.50. The maximum absolute atomic E-state index is 11.3. The fourth-order valence-electron chi connectivity index (χ4n) is 2.08. The van der Waals surface area contributed by atoms with Crippen molar-refractivity contribution in [1.82, 2.24) is 19.7 Å². The van der Waals surface area contributed by atoms with Gasteiger partial charge in [-0.1, -0.05) is 0 Å². The molecule has 2 N–H and O–H groups in total. The van der Waals surface area contributed by atoms with E-state index in [1.807, 2.05) is 18.4 Å². The minimum Gasteiger partial charge on any atom is -0.478 e. The van der Waals surface area contributed by atoms with Crippen molar-refractivity contribution < 1.29 is 9.90 Å². The van der Waals surface area contributed by atoms with E-state index < -0.39 is 5.97 Å². The first-order valence-electron chi connectivity index (χ1n) is 6.35. The van der Waals surface area contributed by atoms with Gasteiger partial charge in [0.15, 0.2) is 5.82 Å². The number of carboxylic acid groups (broad SMARTS) is 1. The van der Waals surface area contributed by atoms with E-state index >= 15 is 0 Å². The van der Waals surface area contributed by atoms with Gasteiger partial charge in [-0.25, -0.2) is 9.78 Å². The van der Waals surface area contributed by atoms with Crippen LogP contribution in [0.15, 0.2) is 12.4 Å². The smallest absolute Gasteiger partial charge is 0.339 e. The third kappa shape index (κ3) is 2.76. The number of nitrogens with zero attached hydrogens (tertiary/aromatic N) is 4. The van der Waals surface area contributed by atoms with Gasteiger partial charge >= 0.3 is 5.97 Å². The monoisotopic (exact) mass is 275 g/mol. The molecule has 0 amide bonds. The van der Waals surface area contributed by atoms with Gasteiger partial charge < -0.3 is 15.0 Å². The lowest BCUT2D eigenvalue weighted by atomic mass is 10.1. The Kier molecular flexibility index (Phi) is 3.97. The van der Waals surface area contributed by atoms with Crippen molar-refractivity contribution in [3.8, 4) is 0 Å². The Morgan fingerprint density at radius 3 is 2.85 bits per heavy atom. The van der Waals surface area contributed by atoms with Crippen LogP contribution in [0.25, 0.3) is 0 Å². The van der Waals surface area contributed by atoms with Crippen molar-refractivity contribution in [1.29, 1.82) is 0 Å². The summed E-state index contributed by atoms with van der Waals surface area (Å²) in [5, 5.41) is 20.2. The molecule has 2 aromatic heterocycles. The molecule has 0 spiro atoms. The van der Waals surface area contributed by atoms with Crippen molar-refractivity contribution in [2.24, 2.45) is 0 Å². The highest BCUT2D eigenvalue weighted by Gasteiger charge is 2.16. The van der Waals surface area contributed by atoms with Crippen LogP contribution in [0.2, 0.25) is 0 Å². The molecule has 2 aromatic rings. The average Bonchev–Trinajstić information content (AvgIpc) is 2.82. The summed E-state index contributed by atoms with van der Waals surface area (Å²) in [4.78, 5) is 15.6. The molecule has 0 aromatic carbocycles. The lowest BCUT2D eigenvalue weighted by molar-refractivity contribution is 0.0697. The first kappa shape index (κ1) is 14.0. The molecule has 0 radical (unpaired) electrons. The van der Waals surface area contributed by atoms with Gasteiger partial charge in [0, 0.05) is 12.2 Å². The molecule has 2 heterocycles. The Morgan fingerprint density at radius 1 is 1.45 bits per heavy atom. The minimum absolute atomic E-state index is 0.193. The molecule has 20 heavy (non-hydrogen) atoms. The summed E-state index contributed by atoms with van der Waals surface area (Å²) in [5.41, 5.74) is 1.65. The summed E-state index contributed by atoms with van der Waals surface area (Å²) in [6, 6.07) is 1.75. The molecule has 106 valence electrons. The number of anilines is 1. The number of hydrogen-bond acceptors (Lipinski definition) is 5.